The molecule has 2 rings (SSSR count). The molecule has 0 aliphatic rings. The van der Waals surface area contributed by atoms with Gasteiger partial charge in [0.15, 0.2) is 0 Å². The second-order valence-electron chi connectivity index (χ2n) is 5.25. The lowest BCUT2D eigenvalue weighted by Gasteiger charge is -2.20. The quantitative estimate of drug-likeness (QED) is 0.789. The van der Waals surface area contributed by atoms with Crippen molar-refractivity contribution in [1.29, 1.82) is 0 Å². The minimum Gasteiger partial charge on any atom is -0.489 e. The van der Waals surface area contributed by atoms with Gasteiger partial charge in [0, 0.05) is 10.7 Å². The highest BCUT2D eigenvalue weighted by Gasteiger charge is 2.09. The molecule has 0 aromatic heterocycles. The average molecular weight is 304 g/mol. The molecule has 0 bridgehead atoms. The predicted molar refractivity (Wildman–Crippen MR) is 90.6 cm³/mol. The third kappa shape index (κ3) is 4.40. The smallest absolute Gasteiger partial charge is 0.119 e. The fraction of sp³-hybridized carbons (Fsp3) is 0.333. The van der Waals surface area contributed by atoms with Gasteiger partial charge in [-0.1, -0.05) is 42.3 Å². The van der Waals surface area contributed by atoms with E-state index in [2.05, 4.69) is 31.3 Å². The molecule has 1 unspecified atom stereocenters. The lowest BCUT2D eigenvalue weighted by molar-refractivity contribution is 0.210. The first-order chi connectivity index (χ1) is 10.1. The Morgan fingerprint density at radius 2 is 1.81 bits per heavy atom. The van der Waals surface area contributed by atoms with E-state index >= 15 is 0 Å². The van der Waals surface area contributed by atoms with E-state index in [-0.39, 0.29) is 6.10 Å². The molecule has 2 aromatic carbocycles. The van der Waals surface area contributed by atoms with Gasteiger partial charge >= 0.3 is 0 Å². The van der Waals surface area contributed by atoms with Gasteiger partial charge in [-0.15, -0.1) is 0 Å². The number of rotatable bonds is 6. The van der Waals surface area contributed by atoms with Crippen molar-refractivity contribution in [2.75, 3.05) is 11.9 Å². The molecule has 0 amide bonds. The Labute approximate surface area is 132 Å². The minimum absolute atomic E-state index is 0.131. The summed E-state index contributed by atoms with van der Waals surface area (Å²) in [7, 11) is 0. The van der Waals surface area contributed by atoms with Crippen molar-refractivity contribution in [2.24, 2.45) is 0 Å². The summed E-state index contributed by atoms with van der Waals surface area (Å²) >= 11 is 6.14. The molecule has 0 saturated heterocycles. The van der Waals surface area contributed by atoms with E-state index in [0.29, 0.717) is 0 Å². The zero-order valence-corrected chi connectivity index (χ0v) is 13.6. The molecule has 2 nitrogen and oxygen atoms in total. The van der Waals surface area contributed by atoms with Crippen molar-refractivity contribution in [3.63, 3.8) is 0 Å². The lowest BCUT2D eigenvalue weighted by Crippen LogP contribution is -2.25. The van der Waals surface area contributed by atoms with Crippen LogP contribution in [0.4, 0.5) is 5.69 Å². The molecule has 21 heavy (non-hydrogen) atoms. The van der Waals surface area contributed by atoms with Crippen LogP contribution in [-0.4, -0.2) is 12.6 Å². The fourth-order valence-corrected chi connectivity index (χ4v) is 2.28. The maximum Gasteiger partial charge on any atom is 0.119 e. The molecule has 0 heterocycles. The van der Waals surface area contributed by atoms with Crippen LogP contribution in [0, 0.1) is 13.8 Å². The summed E-state index contributed by atoms with van der Waals surface area (Å²) in [6.07, 6.45) is 1.08. The molecule has 112 valence electrons. The summed E-state index contributed by atoms with van der Waals surface area (Å²) in [5, 5.41) is 4.21. The molecule has 3 heteroatoms. The van der Waals surface area contributed by atoms with Crippen LogP contribution < -0.4 is 10.1 Å². The monoisotopic (exact) mass is 303 g/mol. The summed E-state index contributed by atoms with van der Waals surface area (Å²) < 4.78 is 6.01. The first-order valence-corrected chi connectivity index (χ1v) is 7.70. The average Bonchev–Trinajstić information content (AvgIpc) is 2.49. The van der Waals surface area contributed by atoms with Crippen molar-refractivity contribution in [2.45, 2.75) is 33.3 Å². The van der Waals surface area contributed by atoms with E-state index < -0.39 is 0 Å². The first kappa shape index (κ1) is 15.7. The third-order valence-electron chi connectivity index (χ3n) is 3.57. The Morgan fingerprint density at radius 1 is 1.10 bits per heavy atom. The maximum atomic E-state index is 6.14. The van der Waals surface area contributed by atoms with Gasteiger partial charge < -0.3 is 10.1 Å². The largest absolute Gasteiger partial charge is 0.489 e. The van der Waals surface area contributed by atoms with Gasteiger partial charge in [0.25, 0.3) is 0 Å². The van der Waals surface area contributed by atoms with Gasteiger partial charge in [0.2, 0.25) is 0 Å². The number of hydrogen-bond donors (Lipinski definition) is 1. The molecular formula is C18H22ClNO. The highest BCUT2D eigenvalue weighted by atomic mass is 35.5. The predicted octanol–water partition coefficient (Wildman–Crippen LogP) is 5.23. The van der Waals surface area contributed by atoms with Crippen LogP contribution in [-0.2, 0) is 0 Å². The van der Waals surface area contributed by atoms with E-state index in [1.807, 2.05) is 37.3 Å². The van der Waals surface area contributed by atoms with Crippen LogP contribution in [0.1, 0.15) is 24.5 Å². The zero-order chi connectivity index (χ0) is 15.2. The molecule has 0 radical (unpaired) electrons. The van der Waals surface area contributed by atoms with Crippen molar-refractivity contribution < 1.29 is 4.74 Å². The van der Waals surface area contributed by atoms with Crippen LogP contribution in [0.5, 0.6) is 5.75 Å². The molecule has 1 atom stereocenters. The molecule has 2 aromatic rings. The number of aryl methyl sites for hydroxylation is 1. The summed E-state index contributed by atoms with van der Waals surface area (Å²) in [6.45, 7) is 6.98. The Morgan fingerprint density at radius 3 is 2.48 bits per heavy atom. The number of hydrogen-bond acceptors (Lipinski definition) is 2. The summed E-state index contributed by atoms with van der Waals surface area (Å²) in [5.41, 5.74) is 3.38. The molecule has 0 spiro atoms. The van der Waals surface area contributed by atoms with Crippen LogP contribution in [0.15, 0.2) is 42.5 Å². The zero-order valence-electron chi connectivity index (χ0n) is 12.8. The highest BCUT2D eigenvalue weighted by Crippen LogP contribution is 2.23. The molecule has 0 saturated carbocycles. The van der Waals surface area contributed by atoms with Crippen LogP contribution in [0.25, 0.3) is 0 Å². The topological polar surface area (TPSA) is 21.3 Å². The standard InChI is InChI=1S/C18H22ClNO/c1-4-15(21-16-10-8-13(2)9-11-16)12-20-18-7-5-6-17(19)14(18)3/h5-11,15,20H,4,12H2,1-3H3. The number of benzene rings is 2. The Hall–Kier alpha value is -1.67. The summed E-state index contributed by atoms with van der Waals surface area (Å²) in [5.74, 6) is 0.914. The van der Waals surface area contributed by atoms with Crippen molar-refractivity contribution in [3.05, 3.63) is 58.6 Å². The second kappa shape index (κ2) is 7.37. The molecule has 0 fully saturated rings. The van der Waals surface area contributed by atoms with E-state index in [1.165, 1.54) is 5.56 Å². The van der Waals surface area contributed by atoms with E-state index in [0.717, 1.165) is 35.0 Å². The van der Waals surface area contributed by atoms with E-state index in [4.69, 9.17) is 16.3 Å². The van der Waals surface area contributed by atoms with E-state index in [9.17, 15) is 0 Å². The number of ether oxygens (including phenoxy) is 1. The van der Waals surface area contributed by atoms with Crippen LogP contribution >= 0.6 is 11.6 Å². The minimum atomic E-state index is 0.131. The van der Waals surface area contributed by atoms with Gasteiger partial charge in [0.05, 0.1) is 6.54 Å². The van der Waals surface area contributed by atoms with Gasteiger partial charge in [-0.2, -0.15) is 0 Å². The first-order valence-electron chi connectivity index (χ1n) is 7.32. The molecule has 0 aliphatic heterocycles. The van der Waals surface area contributed by atoms with Crippen molar-refractivity contribution in [1.82, 2.24) is 0 Å². The SMILES string of the molecule is CCC(CNc1cccc(Cl)c1C)Oc1ccc(C)cc1. The second-order valence-corrected chi connectivity index (χ2v) is 5.66. The van der Waals surface area contributed by atoms with Crippen molar-refractivity contribution in [3.8, 4) is 5.75 Å². The lowest BCUT2D eigenvalue weighted by atomic mass is 10.2. The van der Waals surface area contributed by atoms with E-state index in [1.54, 1.807) is 0 Å². The normalized spacial score (nSPS) is 12.0. The molecule has 1 N–H and O–H groups in total. The van der Waals surface area contributed by atoms with Crippen molar-refractivity contribution >= 4 is 17.3 Å². The number of halogens is 1. The highest BCUT2D eigenvalue weighted by molar-refractivity contribution is 6.31. The van der Waals surface area contributed by atoms with Gasteiger partial charge in [0.1, 0.15) is 11.9 Å². The van der Waals surface area contributed by atoms with Gasteiger partial charge in [-0.05, 0) is 50.1 Å². The van der Waals surface area contributed by atoms with Gasteiger partial charge in [-0.3, -0.25) is 0 Å². The maximum absolute atomic E-state index is 6.14. The summed E-state index contributed by atoms with van der Waals surface area (Å²) in [6, 6.07) is 14.1. The fourth-order valence-electron chi connectivity index (χ4n) is 2.10. The van der Waals surface area contributed by atoms with Gasteiger partial charge in [-0.25, -0.2) is 0 Å². The number of nitrogens with one attached hydrogen (secondary N) is 1. The molecule has 0 aliphatic carbocycles. The van der Waals surface area contributed by atoms with Crippen LogP contribution in [0.3, 0.4) is 0 Å². The van der Waals surface area contributed by atoms with Crippen LogP contribution in [0.2, 0.25) is 5.02 Å². The summed E-state index contributed by atoms with van der Waals surface area (Å²) in [4.78, 5) is 0. The number of anilines is 1. The Kier molecular flexibility index (Phi) is 5.51. The Bertz CT molecular complexity index is 580. The third-order valence-corrected chi connectivity index (χ3v) is 3.98. The molecular weight excluding hydrogens is 282 g/mol. The Balaban J connectivity index is 1.96.